The smallest absolute Gasteiger partial charge is 0.387 e. The van der Waals surface area contributed by atoms with Gasteiger partial charge in [0.25, 0.3) is 5.56 Å². The molecule has 1 saturated heterocycles. The van der Waals surface area contributed by atoms with Gasteiger partial charge in [0.15, 0.2) is 6.23 Å². The number of ether oxygens (including phenoxy) is 1. The predicted molar refractivity (Wildman–Crippen MR) is 119 cm³/mol. The van der Waals surface area contributed by atoms with Crippen LogP contribution in [0.2, 0.25) is 0 Å². The van der Waals surface area contributed by atoms with Crippen LogP contribution in [0.25, 0.3) is 10.9 Å². The molecule has 1 aromatic carbocycles. The molecule has 190 valence electrons. The van der Waals surface area contributed by atoms with Gasteiger partial charge in [-0.15, -0.1) is 0 Å². The summed E-state index contributed by atoms with van der Waals surface area (Å²) in [6.07, 6.45) is -5.15. The molecule has 0 saturated carbocycles. The number of fused-ring (bicyclic) bond motifs is 1. The van der Waals surface area contributed by atoms with Crippen molar-refractivity contribution in [3.8, 4) is 0 Å². The summed E-state index contributed by atoms with van der Waals surface area (Å²) in [4.78, 5) is 43.6. The minimum absolute atomic E-state index is 0.177. The van der Waals surface area contributed by atoms with Crippen molar-refractivity contribution in [1.82, 2.24) is 18.9 Å². The molecule has 35 heavy (non-hydrogen) atoms. The summed E-state index contributed by atoms with van der Waals surface area (Å²) < 4.78 is 39.5. The van der Waals surface area contributed by atoms with Crippen LogP contribution in [-0.4, -0.2) is 63.8 Å². The van der Waals surface area contributed by atoms with E-state index in [1.165, 1.54) is 0 Å². The summed E-state index contributed by atoms with van der Waals surface area (Å²) in [6.45, 7) is -0.991. The number of aliphatic hydroxyl groups excluding tert-OH is 2. The topological polar surface area (TPSA) is 205 Å². The van der Waals surface area contributed by atoms with Crippen molar-refractivity contribution in [3.63, 3.8) is 0 Å². The second kappa shape index (κ2) is 9.90. The van der Waals surface area contributed by atoms with E-state index in [0.717, 1.165) is 32.3 Å². The van der Waals surface area contributed by atoms with Crippen LogP contribution in [0.15, 0.2) is 46.1 Å². The van der Waals surface area contributed by atoms with Gasteiger partial charge in [0, 0.05) is 24.7 Å². The molecule has 1 aliphatic heterocycles. The Morgan fingerprint density at radius 2 is 1.91 bits per heavy atom. The zero-order valence-electron chi connectivity index (χ0n) is 18.1. The number of para-hydroxylation sites is 1. The van der Waals surface area contributed by atoms with Gasteiger partial charge in [0.2, 0.25) is 0 Å². The Hall–Kier alpha value is -2.45. The van der Waals surface area contributed by atoms with Crippen LogP contribution in [0, 0.1) is 0 Å². The maximum absolute atomic E-state index is 13.1. The molecule has 0 aliphatic carbocycles. The van der Waals surface area contributed by atoms with Crippen LogP contribution in [0.5, 0.6) is 0 Å². The van der Waals surface area contributed by atoms with Crippen LogP contribution in [0.3, 0.4) is 0 Å². The molecule has 6 atom stereocenters. The normalized spacial score (nSPS) is 25.1. The number of phosphoric ester groups is 1. The van der Waals surface area contributed by atoms with Crippen molar-refractivity contribution in [1.29, 1.82) is 0 Å². The zero-order chi connectivity index (χ0) is 25.5. The van der Waals surface area contributed by atoms with E-state index in [1.807, 2.05) is 12.1 Å². The highest BCUT2D eigenvalue weighted by molar-refractivity contribution is 7.55. The van der Waals surface area contributed by atoms with E-state index >= 15 is 0 Å². The van der Waals surface area contributed by atoms with E-state index in [4.69, 9.17) is 9.63 Å². The van der Waals surface area contributed by atoms with Gasteiger partial charge in [0.05, 0.1) is 24.4 Å². The van der Waals surface area contributed by atoms with Crippen LogP contribution in [0.4, 0.5) is 0 Å². The molecule has 5 unspecified atom stereocenters. The number of nitrogens with zero attached hydrogens (tertiary/aromatic N) is 4. The van der Waals surface area contributed by atoms with Gasteiger partial charge >= 0.3 is 21.8 Å². The van der Waals surface area contributed by atoms with E-state index in [2.05, 4.69) is 13.9 Å². The Kier molecular flexibility index (Phi) is 7.25. The molecular weight excluding hydrogens is 510 g/mol. The number of hydrogen-bond donors (Lipinski definition) is 4. The summed E-state index contributed by atoms with van der Waals surface area (Å²) >= 11 is 0. The van der Waals surface area contributed by atoms with Crippen LogP contribution >= 0.6 is 16.1 Å². The minimum Gasteiger partial charge on any atom is -0.387 e. The Labute approximate surface area is 196 Å². The van der Waals surface area contributed by atoms with E-state index in [1.54, 1.807) is 23.9 Å². The van der Waals surface area contributed by atoms with Crippen molar-refractivity contribution >= 4 is 27.0 Å². The van der Waals surface area contributed by atoms with E-state index in [0.29, 0.717) is 5.69 Å². The first-order valence-corrected chi connectivity index (χ1v) is 12.9. The van der Waals surface area contributed by atoms with Crippen LogP contribution in [0.1, 0.15) is 11.9 Å². The highest BCUT2D eigenvalue weighted by atomic mass is 31.2. The molecule has 0 radical (unpaired) electrons. The lowest BCUT2D eigenvalue weighted by atomic mass is 10.1. The van der Waals surface area contributed by atoms with Gasteiger partial charge in [-0.1, -0.05) is 18.2 Å². The van der Waals surface area contributed by atoms with E-state index in [9.17, 15) is 33.8 Å². The van der Waals surface area contributed by atoms with Crippen molar-refractivity contribution in [2.24, 2.45) is 7.05 Å². The fourth-order valence-corrected chi connectivity index (χ4v) is 5.15. The van der Waals surface area contributed by atoms with Gasteiger partial charge in [-0.25, -0.2) is 13.7 Å². The van der Waals surface area contributed by atoms with Crippen LogP contribution in [-0.2, 0) is 36.3 Å². The molecule has 0 amide bonds. The van der Waals surface area contributed by atoms with Crippen molar-refractivity contribution in [2.45, 2.75) is 31.1 Å². The molecular formula is C18H22N4O11P2. The predicted octanol–water partition coefficient (Wildman–Crippen LogP) is -0.920. The third kappa shape index (κ3) is 5.23. The second-order valence-electron chi connectivity index (χ2n) is 7.69. The SMILES string of the molecule is Cn1nc(Cn2c(=O)ccn(C3OC(COP(=O)(O)O[PH](=O)O)C(O)[C@@H]3O)c2=O)c2ccccc21. The quantitative estimate of drug-likeness (QED) is 0.260. The summed E-state index contributed by atoms with van der Waals surface area (Å²) in [5, 5.41) is 25.8. The molecule has 4 rings (SSSR count). The first-order chi connectivity index (χ1) is 16.5. The van der Waals surface area contributed by atoms with Gasteiger partial charge in [-0.3, -0.25) is 27.7 Å². The first-order valence-electron chi connectivity index (χ1n) is 10.1. The molecule has 0 bridgehead atoms. The van der Waals surface area contributed by atoms with Crippen LogP contribution < -0.4 is 11.2 Å². The average molecular weight is 532 g/mol. The largest absolute Gasteiger partial charge is 0.479 e. The summed E-state index contributed by atoms with van der Waals surface area (Å²) in [5.74, 6) is 0. The molecule has 1 fully saturated rings. The molecule has 3 heterocycles. The van der Waals surface area contributed by atoms with Crippen molar-refractivity contribution in [3.05, 3.63) is 63.1 Å². The maximum Gasteiger partial charge on any atom is 0.479 e. The Morgan fingerprint density at radius 3 is 2.63 bits per heavy atom. The van der Waals surface area contributed by atoms with Crippen molar-refractivity contribution in [2.75, 3.05) is 6.61 Å². The summed E-state index contributed by atoms with van der Waals surface area (Å²) in [5.41, 5.74) is -0.239. The molecule has 15 nitrogen and oxygen atoms in total. The average Bonchev–Trinajstić information content (AvgIpc) is 3.25. The lowest BCUT2D eigenvalue weighted by Crippen LogP contribution is -2.43. The van der Waals surface area contributed by atoms with E-state index in [-0.39, 0.29) is 6.54 Å². The number of aryl methyl sites for hydroxylation is 1. The Balaban J connectivity index is 1.59. The van der Waals surface area contributed by atoms with Gasteiger partial charge in [0.1, 0.15) is 18.3 Å². The molecule has 4 N–H and O–H groups in total. The number of rotatable bonds is 8. The molecule has 2 aromatic heterocycles. The molecule has 0 spiro atoms. The number of aliphatic hydroxyl groups is 2. The van der Waals surface area contributed by atoms with Gasteiger partial charge < -0.3 is 24.7 Å². The fourth-order valence-electron chi connectivity index (χ4n) is 3.82. The highest BCUT2D eigenvalue weighted by Crippen LogP contribution is 2.51. The third-order valence-corrected chi connectivity index (χ3v) is 7.47. The Bertz CT molecular complexity index is 1430. The molecule has 3 aromatic rings. The standard InChI is InChI=1S/C18H22N4O11P2/c1-20-12-5-3-2-4-10(12)11(19-20)8-22-14(23)6-7-21(18(22)26)17-16(25)15(24)13(32-17)9-31-35(29,30)33-34(27)28/h2-7,13,15-17,24-25,34H,8-9H2,1H3,(H,27,28)(H,29,30)/t13?,15?,16-,17?/m0/s1. The van der Waals surface area contributed by atoms with E-state index < -0.39 is 58.5 Å². The number of benzene rings is 1. The second-order valence-corrected chi connectivity index (χ2v) is 10.1. The lowest BCUT2D eigenvalue weighted by molar-refractivity contribution is -0.0545. The monoisotopic (exact) mass is 532 g/mol. The number of phosphoric acid groups is 1. The van der Waals surface area contributed by atoms with Gasteiger partial charge in [-0.2, -0.15) is 5.10 Å². The minimum atomic E-state index is -4.93. The van der Waals surface area contributed by atoms with Gasteiger partial charge in [-0.05, 0) is 6.07 Å². The Morgan fingerprint density at radius 1 is 1.20 bits per heavy atom. The molecule has 1 aliphatic rings. The maximum atomic E-state index is 13.1. The zero-order valence-corrected chi connectivity index (χ0v) is 20.0. The number of hydrogen-bond acceptors (Lipinski definition) is 10. The fraction of sp³-hybridized carbons (Fsp3) is 0.389. The lowest BCUT2D eigenvalue weighted by Gasteiger charge is -2.18. The first kappa shape index (κ1) is 25.6. The molecule has 17 heteroatoms. The highest BCUT2D eigenvalue weighted by Gasteiger charge is 2.45. The third-order valence-electron chi connectivity index (χ3n) is 5.44. The number of aromatic nitrogens is 4. The summed E-state index contributed by atoms with van der Waals surface area (Å²) in [6, 6.07) is 8.33. The summed E-state index contributed by atoms with van der Waals surface area (Å²) in [7, 11) is -7.00. The van der Waals surface area contributed by atoms with Crippen molar-refractivity contribution < 1.29 is 42.7 Å².